The number of nitrogens with zero attached hydrogens (tertiary/aromatic N) is 3. The first-order valence-electron chi connectivity index (χ1n) is 9.16. The molecule has 0 bridgehead atoms. The molecule has 8 nitrogen and oxygen atoms in total. The fourth-order valence-electron chi connectivity index (χ4n) is 2.55. The van der Waals surface area contributed by atoms with E-state index in [0.29, 0.717) is 21.9 Å². The van der Waals surface area contributed by atoms with Gasteiger partial charge in [-0.05, 0) is 29.8 Å². The number of amides is 1. The van der Waals surface area contributed by atoms with Crippen LogP contribution in [0, 0.1) is 10.1 Å². The van der Waals surface area contributed by atoms with E-state index in [4.69, 9.17) is 4.74 Å². The molecule has 1 aromatic heterocycles. The Morgan fingerprint density at radius 3 is 2.45 bits per heavy atom. The minimum atomic E-state index is -4.64. The Morgan fingerprint density at radius 1 is 1.09 bits per heavy atom. The van der Waals surface area contributed by atoms with Crippen LogP contribution in [-0.2, 0) is 15.7 Å². The highest BCUT2D eigenvalue weighted by molar-refractivity contribution is 7.17. The highest BCUT2D eigenvalue weighted by Gasteiger charge is 2.31. The molecule has 0 N–H and O–H groups in total. The van der Waals surface area contributed by atoms with Crippen molar-refractivity contribution in [3.8, 4) is 0 Å². The zero-order valence-electron chi connectivity index (χ0n) is 16.6. The summed E-state index contributed by atoms with van der Waals surface area (Å²) < 4.78 is 44.3. The Balaban J connectivity index is 1.82. The molecule has 0 aliphatic rings. The number of anilines is 1. The van der Waals surface area contributed by atoms with E-state index >= 15 is 0 Å². The molecule has 0 radical (unpaired) electrons. The molecular weight excluding hydrogens is 463 g/mol. The Hall–Kier alpha value is -4.06. The molecule has 1 amide bonds. The van der Waals surface area contributed by atoms with E-state index in [2.05, 4.69) is 5.10 Å². The highest BCUT2D eigenvalue weighted by Crippen LogP contribution is 2.32. The number of hydrogen-bond donors (Lipinski definition) is 0. The molecule has 0 saturated heterocycles. The summed E-state index contributed by atoms with van der Waals surface area (Å²) in [6.07, 6.45) is -3.38. The van der Waals surface area contributed by atoms with Crippen molar-refractivity contribution in [2.24, 2.45) is 5.10 Å². The van der Waals surface area contributed by atoms with Gasteiger partial charge in [0.15, 0.2) is 6.61 Å². The summed E-state index contributed by atoms with van der Waals surface area (Å²) in [5, 5.41) is 15.1. The van der Waals surface area contributed by atoms with E-state index in [9.17, 15) is 32.9 Å². The Bertz CT molecular complexity index is 1200. The lowest BCUT2D eigenvalue weighted by molar-refractivity contribution is -0.380. The molecule has 0 aliphatic heterocycles. The summed E-state index contributed by atoms with van der Waals surface area (Å²) >= 11 is 0.565. The SMILES string of the molecule is O=C(OCC(=O)N(/N=C/c1ccccc1)c1cccc(C(F)(F)F)c1)c1ccc([N+](=O)[O-])s1. The maximum absolute atomic E-state index is 13.1. The summed E-state index contributed by atoms with van der Waals surface area (Å²) in [5.41, 5.74) is -0.606. The van der Waals surface area contributed by atoms with Crippen molar-refractivity contribution in [2.45, 2.75) is 6.18 Å². The van der Waals surface area contributed by atoms with Crippen LogP contribution in [0.5, 0.6) is 0 Å². The molecule has 2 aromatic carbocycles. The Labute approximate surface area is 188 Å². The van der Waals surface area contributed by atoms with Crippen molar-refractivity contribution in [1.82, 2.24) is 0 Å². The fraction of sp³-hybridized carbons (Fsp3) is 0.0952. The van der Waals surface area contributed by atoms with Crippen LogP contribution >= 0.6 is 11.3 Å². The van der Waals surface area contributed by atoms with Gasteiger partial charge in [-0.25, -0.2) is 4.79 Å². The maximum atomic E-state index is 13.1. The first-order chi connectivity index (χ1) is 15.6. The van der Waals surface area contributed by atoms with Crippen LogP contribution in [-0.4, -0.2) is 29.6 Å². The number of alkyl halides is 3. The van der Waals surface area contributed by atoms with Gasteiger partial charge in [-0.15, -0.1) is 0 Å². The van der Waals surface area contributed by atoms with Gasteiger partial charge in [0, 0.05) is 6.07 Å². The van der Waals surface area contributed by atoms with Gasteiger partial charge in [-0.1, -0.05) is 47.7 Å². The van der Waals surface area contributed by atoms with E-state index in [1.165, 1.54) is 18.3 Å². The van der Waals surface area contributed by atoms with Crippen LogP contribution in [0.1, 0.15) is 20.8 Å². The number of benzene rings is 2. The lowest BCUT2D eigenvalue weighted by atomic mass is 10.2. The van der Waals surface area contributed by atoms with Crippen molar-refractivity contribution < 1.29 is 32.4 Å². The summed E-state index contributed by atoms with van der Waals surface area (Å²) in [7, 11) is 0. The van der Waals surface area contributed by atoms with Gasteiger partial charge in [0.05, 0.1) is 22.4 Å². The van der Waals surface area contributed by atoms with E-state index in [0.717, 1.165) is 24.3 Å². The summed E-state index contributed by atoms with van der Waals surface area (Å²) in [5.74, 6) is -1.92. The summed E-state index contributed by atoms with van der Waals surface area (Å²) in [6.45, 7) is -0.854. The van der Waals surface area contributed by atoms with Gasteiger partial charge in [-0.3, -0.25) is 14.9 Å². The summed E-state index contributed by atoms with van der Waals surface area (Å²) in [4.78, 5) is 34.8. The molecule has 33 heavy (non-hydrogen) atoms. The summed E-state index contributed by atoms with van der Waals surface area (Å²) in [6, 6.07) is 14.7. The molecule has 3 aromatic rings. The number of thiophene rings is 1. The second-order valence-corrected chi connectivity index (χ2v) is 7.44. The molecule has 0 aliphatic carbocycles. The quantitative estimate of drug-likeness (QED) is 0.209. The van der Waals surface area contributed by atoms with Crippen LogP contribution in [0.4, 0.5) is 23.9 Å². The fourth-order valence-corrected chi connectivity index (χ4v) is 3.26. The average Bonchev–Trinajstić information content (AvgIpc) is 3.29. The first kappa shape index (κ1) is 23.6. The number of esters is 1. The van der Waals surface area contributed by atoms with Crippen LogP contribution in [0.2, 0.25) is 0 Å². The van der Waals surface area contributed by atoms with Crippen molar-refractivity contribution in [3.05, 3.63) is 92.8 Å². The highest BCUT2D eigenvalue weighted by atomic mass is 32.1. The molecule has 3 rings (SSSR count). The van der Waals surface area contributed by atoms with E-state index in [1.807, 2.05) is 0 Å². The molecule has 0 saturated carbocycles. The van der Waals surface area contributed by atoms with Crippen LogP contribution in [0.25, 0.3) is 0 Å². The van der Waals surface area contributed by atoms with Crippen molar-refractivity contribution >= 4 is 40.1 Å². The smallest absolute Gasteiger partial charge is 0.416 e. The van der Waals surface area contributed by atoms with Crippen LogP contribution in [0.3, 0.4) is 0 Å². The molecular formula is C21H14F3N3O5S. The van der Waals surface area contributed by atoms with Gasteiger partial charge in [0.2, 0.25) is 0 Å². The number of carbonyl (C=O) groups excluding carboxylic acids is 2. The van der Waals surface area contributed by atoms with E-state index in [-0.39, 0.29) is 15.6 Å². The second kappa shape index (κ2) is 10.0. The standard InChI is InChI=1S/C21H14F3N3O5S/c22-21(23,24)15-7-4-8-16(11-15)26(25-12-14-5-2-1-3-6-14)18(28)13-32-20(29)17-9-10-19(33-17)27(30)31/h1-12H,13H2/b25-12+. The number of ether oxygens (including phenoxy) is 1. The average molecular weight is 477 g/mol. The minimum Gasteiger partial charge on any atom is -0.451 e. The normalized spacial score (nSPS) is 11.4. The second-order valence-electron chi connectivity index (χ2n) is 6.38. The predicted molar refractivity (Wildman–Crippen MR) is 114 cm³/mol. The zero-order valence-corrected chi connectivity index (χ0v) is 17.4. The molecule has 0 fully saturated rings. The van der Waals surface area contributed by atoms with Crippen molar-refractivity contribution in [2.75, 3.05) is 11.6 Å². The molecule has 12 heteroatoms. The monoisotopic (exact) mass is 477 g/mol. The topological polar surface area (TPSA) is 102 Å². The number of halogens is 3. The third-order valence-electron chi connectivity index (χ3n) is 4.08. The first-order valence-corrected chi connectivity index (χ1v) is 9.97. The number of carbonyl (C=O) groups is 2. The molecule has 0 unspecified atom stereocenters. The lowest BCUT2D eigenvalue weighted by Gasteiger charge is -2.18. The van der Waals surface area contributed by atoms with Gasteiger partial charge < -0.3 is 4.74 Å². The van der Waals surface area contributed by atoms with Gasteiger partial charge >= 0.3 is 17.1 Å². The van der Waals surface area contributed by atoms with Gasteiger partial charge in [0.1, 0.15) is 4.88 Å². The molecule has 0 spiro atoms. The number of rotatable bonds is 7. The Morgan fingerprint density at radius 2 is 1.82 bits per heavy atom. The lowest BCUT2D eigenvalue weighted by Crippen LogP contribution is -2.30. The third kappa shape index (κ3) is 6.23. The predicted octanol–water partition coefficient (Wildman–Crippen LogP) is 4.90. The largest absolute Gasteiger partial charge is 0.451 e. The molecule has 0 atom stereocenters. The molecule has 1 heterocycles. The minimum absolute atomic E-state index is 0.104. The maximum Gasteiger partial charge on any atom is 0.416 e. The number of hydrogen-bond acceptors (Lipinski definition) is 7. The number of nitro groups is 1. The van der Waals surface area contributed by atoms with Gasteiger partial charge in [0.25, 0.3) is 5.91 Å². The van der Waals surface area contributed by atoms with Crippen molar-refractivity contribution in [3.63, 3.8) is 0 Å². The van der Waals surface area contributed by atoms with E-state index in [1.54, 1.807) is 30.3 Å². The third-order valence-corrected chi connectivity index (χ3v) is 5.09. The Kier molecular flexibility index (Phi) is 7.18. The number of hydrazone groups is 1. The van der Waals surface area contributed by atoms with Crippen molar-refractivity contribution in [1.29, 1.82) is 0 Å². The van der Waals surface area contributed by atoms with Crippen LogP contribution < -0.4 is 5.01 Å². The van der Waals surface area contributed by atoms with Gasteiger partial charge in [-0.2, -0.15) is 23.3 Å². The van der Waals surface area contributed by atoms with Crippen LogP contribution in [0.15, 0.2) is 71.8 Å². The van der Waals surface area contributed by atoms with E-state index < -0.39 is 35.1 Å². The molecule has 170 valence electrons. The zero-order chi connectivity index (χ0) is 24.0.